The fraction of sp³-hybridized carbons (Fsp3) is 0.455. The van der Waals surface area contributed by atoms with Crippen LogP contribution in [0.3, 0.4) is 0 Å². The fourth-order valence-corrected chi connectivity index (χ4v) is 2.42. The summed E-state index contributed by atoms with van der Waals surface area (Å²) in [6.07, 6.45) is 0.700. The molecule has 16 heavy (non-hydrogen) atoms. The van der Waals surface area contributed by atoms with Crippen molar-refractivity contribution < 1.29 is 9.52 Å². The molecule has 0 fully saturated rings. The number of hydrogen-bond donors (Lipinski definition) is 1. The van der Waals surface area contributed by atoms with Crippen LogP contribution >= 0.6 is 11.8 Å². The van der Waals surface area contributed by atoms with Gasteiger partial charge < -0.3 is 9.52 Å². The Morgan fingerprint density at radius 3 is 3.06 bits per heavy atom. The van der Waals surface area contributed by atoms with Crippen molar-refractivity contribution in [2.24, 2.45) is 4.99 Å². The van der Waals surface area contributed by atoms with Gasteiger partial charge in [0.1, 0.15) is 17.1 Å². The average Bonchev–Trinajstić information content (AvgIpc) is 2.44. The van der Waals surface area contributed by atoms with Gasteiger partial charge in [0.05, 0.1) is 5.71 Å². The van der Waals surface area contributed by atoms with E-state index < -0.39 is 5.63 Å². The summed E-state index contributed by atoms with van der Waals surface area (Å²) in [6, 6.07) is 1.46. The van der Waals surface area contributed by atoms with Gasteiger partial charge in [-0.15, -0.1) is 0 Å². The number of hydrogen-bond acceptors (Lipinski definition) is 5. The summed E-state index contributed by atoms with van der Waals surface area (Å²) < 4.78 is 4.98. The molecule has 1 aliphatic rings. The summed E-state index contributed by atoms with van der Waals surface area (Å²) >= 11 is 1.80. The predicted molar refractivity (Wildman–Crippen MR) is 64.7 cm³/mol. The lowest BCUT2D eigenvalue weighted by Crippen LogP contribution is -2.16. The molecule has 0 radical (unpaired) electrons. The average molecular weight is 239 g/mol. The minimum Gasteiger partial charge on any atom is -0.507 e. The number of thioether (sulfide) groups is 1. The summed E-state index contributed by atoms with van der Waals surface area (Å²) in [5.41, 5.74) is 0.396. The lowest BCUT2D eigenvalue weighted by molar-refractivity contribution is 0.432. The monoisotopic (exact) mass is 239 g/mol. The highest BCUT2D eigenvalue weighted by atomic mass is 32.2. The van der Waals surface area contributed by atoms with Gasteiger partial charge in [0.25, 0.3) is 0 Å². The third-order valence-electron chi connectivity index (χ3n) is 2.36. The molecule has 5 heteroatoms. The van der Waals surface area contributed by atoms with Crippen LogP contribution in [-0.2, 0) is 0 Å². The van der Waals surface area contributed by atoms with Crippen molar-refractivity contribution in [3.8, 4) is 5.75 Å². The Kier molecular flexibility index (Phi) is 3.33. The number of aliphatic imine (C=N–C) groups is 1. The second-order valence-electron chi connectivity index (χ2n) is 3.60. The number of aromatic hydroxyl groups is 1. The molecule has 1 N–H and O–H groups in total. The first-order valence-corrected chi connectivity index (χ1v) is 6.29. The van der Waals surface area contributed by atoms with Crippen LogP contribution in [0.15, 0.2) is 20.3 Å². The molecule has 0 atom stereocenters. The summed E-state index contributed by atoms with van der Waals surface area (Å²) in [6.45, 7) is 2.32. The van der Waals surface area contributed by atoms with E-state index in [4.69, 9.17) is 4.42 Å². The summed E-state index contributed by atoms with van der Waals surface area (Å²) in [5.74, 6) is 2.27. The molecule has 2 rings (SSSR count). The molecule has 0 unspecified atom stereocenters. The second-order valence-corrected chi connectivity index (χ2v) is 4.82. The third kappa shape index (κ3) is 2.29. The molecule has 0 amide bonds. The van der Waals surface area contributed by atoms with Gasteiger partial charge in [0.2, 0.25) is 0 Å². The van der Waals surface area contributed by atoms with Crippen molar-refractivity contribution in [1.82, 2.24) is 0 Å². The molecule has 0 saturated heterocycles. The Morgan fingerprint density at radius 2 is 2.31 bits per heavy atom. The van der Waals surface area contributed by atoms with E-state index in [-0.39, 0.29) is 11.3 Å². The van der Waals surface area contributed by atoms with Crippen LogP contribution in [0.4, 0.5) is 0 Å². The zero-order valence-corrected chi connectivity index (χ0v) is 9.84. The third-order valence-corrected chi connectivity index (χ3v) is 3.33. The summed E-state index contributed by atoms with van der Waals surface area (Å²) in [4.78, 5) is 16.0. The van der Waals surface area contributed by atoms with Crippen LogP contribution in [-0.4, -0.2) is 28.9 Å². The Balaban J connectivity index is 2.47. The van der Waals surface area contributed by atoms with Gasteiger partial charge in [-0.25, -0.2) is 4.79 Å². The van der Waals surface area contributed by atoms with Gasteiger partial charge in [-0.05, 0) is 19.1 Å². The van der Waals surface area contributed by atoms with Crippen molar-refractivity contribution in [3.63, 3.8) is 0 Å². The Bertz CT molecular complexity index is 479. The van der Waals surface area contributed by atoms with Gasteiger partial charge >= 0.3 is 5.63 Å². The summed E-state index contributed by atoms with van der Waals surface area (Å²) in [7, 11) is 0. The molecule has 4 nitrogen and oxygen atoms in total. The molecular weight excluding hydrogens is 226 g/mol. The van der Waals surface area contributed by atoms with E-state index >= 15 is 0 Å². The lowest BCUT2D eigenvalue weighted by atomic mass is 10.1. The maximum absolute atomic E-state index is 11.7. The lowest BCUT2D eigenvalue weighted by Gasteiger charge is -2.05. The van der Waals surface area contributed by atoms with Crippen LogP contribution < -0.4 is 5.63 Å². The number of rotatable bonds is 1. The normalized spacial score (nSPS) is 16.7. The smallest absolute Gasteiger partial charge is 0.348 e. The molecule has 1 aromatic rings. The van der Waals surface area contributed by atoms with Gasteiger partial charge in [-0.1, -0.05) is 0 Å². The van der Waals surface area contributed by atoms with Gasteiger partial charge in [-0.3, -0.25) is 4.99 Å². The Morgan fingerprint density at radius 1 is 1.50 bits per heavy atom. The molecule has 0 saturated carbocycles. The Labute approximate surface area is 97.4 Å². The van der Waals surface area contributed by atoms with E-state index in [0.29, 0.717) is 24.4 Å². The van der Waals surface area contributed by atoms with E-state index in [0.717, 1.165) is 11.5 Å². The van der Waals surface area contributed by atoms with Crippen molar-refractivity contribution in [2.45, 2.75) is 13.3 Å². The van der Waals surface area contributed by atoms with Crippen molar-refractivity contribution >= 4 is 17.5 Å². The van der Waals surface area contributed by atoms with Crippen LogP contribution in [0.5, 0.6) is 5.75 Å². The number of aryl methyl sites for hydroxylation is 1. The first kappa shape index (κ1) is 11.3. The molecule has 0 bridgehead atoms. The largest absolute Gasteiger partial charge is 0.507 e. The second kappa shape index (κ2) is 4.74. The van der Waals surface area contributed by atoms with E-state index in [1.54, 1.807) is 18.7 Å². The van der Waals surface area contributed by atoms with Gasteiger partial charge in [-0.2, -0.15) is 11.8 Å². The van der Waals surface area contributed by atoms with Crippen molar-refractivity contribution in [3.05, 3.63) is 27.8 Å². The first-order chi connectivity index (χ1) is 7.68. The van der Waals surface area contributed by atoms with Crippen molar-refractivity contribution in [2.75, 3.05) is 18.1 Å². The standard InChI is InChI=1S/C11H13NO3S/c1-7-6-9(13)10(11(14)15-7)8-2-4-16-5-3-12-8/h6,13H,2-5H2,1H3. The highest BCUT2D eigenvalue weighted by Gasteiger charge is 2.17. The van der Waals surface area contributed by atoms with Crippen LogP contribution in [0.1, 0.15) is 17.7 Å². The van der Waals surface area contributed by atoms with E-state index in [9.17, 15) is 9.90 Å². The van der Waals surface area contributed by atoms with Crippen LogP contribution in [0.25, 0.3) is 0 Å². The van der Waals surface area contributed by atoms with E-state index in [2.05, 4.69) is 4.99 Å². The van der Waals surface area contributed by atoms with Crippen molar-refractivity contribution in [1.29, 1.82) is 0 Å². The molecule has 0 aromatic carbocycles. The SMILES string of the molecule is Cc1cc(O)c(C2=NCCSCC2)c(=O)o1. The van der Waals surface area contributed by atoms with E-state index in [1.165, 1.54) is 6.07 Å². The van der Waals surface area contributed by atoms with Crippen LogP contribution in [0.2, 0.25) is 0 Å². The molecule has 86 valence electrons. The molecule has 1 aliphatic heterocycles. The first-order valence-electron chi connectivity index (χ1n) is 5.13. The van der Waals surface area contributed by atoms with E-state index in [1.807, 2.05) is 0 Å². The Hall–Kier alpha value is -1.23. The quantitative estimate of drug-likeness (QED) is 0.808. The minimum atomic E-state index is -0.497. The molecular formula is C11H13NO3S. The highest BCUT2D eigenvalue weighted by molar-refractivity contribution is 7.99. The highest BCUT2D eigenvalue weighted by Crippen LogP contribution is 2.19. The molecule has 2 heterocycles. The maximum Gasteiger partial charge on any atom is 0.348 e. The zero-order chi connectivity index (χ0) is 11.5. The fourth-order valence-electron chi connectivity index (χ4n) is 1.66. The topological polar surface area (TPSA) is 62.8 Å². The zero-order valence-electron chi connectivity index (χ0n) is 9.02. The summed E-state index contributed by atoms with van der Waals surface area (Å²) in [5, 5.41) is 9.77. The molecule has 1 aromatic heterocycles. The minimum absolute atomic E-state index is 0.0283. The van der Waals surface area contributed by atoms with Gasteiger partial charge in [0.15, 0.2) is 0 Å². The number of nitrogens with zero attached hydrogens (tertiary/aromatic N) is 1. The molecule has 0 spiro atoms. The molecule has 0 aliphatic carbocycles. The maximum atomic E-state index is 11.7. The predicted octanol–water partition coefficient (Wildman–Crippen LogP) is 1.58. The van der Waals surface area contributed by atoms with Crippen LogP contribution in [0, 0.1) is 6.92 Å². The van der Waals surface area contributed by atoms with Gasteiger partial charge in [0, 0.05) is 18.4 Å².